The number of amides is 4. The van der Waals surface area contributed by atoms with E-state index in [9.17, 15) is 27.6 Å². The molecule has 0 spiro atoms. The van der Waals surface area contributed by atoms with Gasteiger partial charge in [-0.25, -0.2) is 18.2 Å². The van der Waals surface area contributed by atoms with Crippen LogP contribution in [-0.2, 0) is 42.2 Å². The van der Waals surface area contributed by atoms with Crippen LogP contribution < -0.4 is 29.6 Å². The van der Waals surface area contributed by atoms with Crippen LogP contribution in [0.5, 0.6) is 17.4 Å². The van der Waals surface area contributed by atoms with E-state index in [1.807, 2.05) is 39.0 Å². The van der Waals surface area contributed by atoms with E-state index in [0.717, 1.165) is 36.9 Å². The van der Waals surface area contributed by atoms with Crippen molar-refractivity contribution in [2.75, 3.05) is 20.3 Å². The van der Waals surface area contributed by atoms with E-state index in [2.05, 4.69) is 32.1 Å². The van der Waals surface area contributed by atoms with Crippen LogP contribution in [0, 0.1) is 24.2 Å². The molecule has 2 unspecified atom stereocenters. The lowest BCUT2D eigenvalue weighted by molar-refractivity contribution is -0.142. The van der Waals surface area contributed by atoms with Crippen LogP contribution in [0.3, 0.4) is 0 Å². The number of hydrogen-bond donors (Lipinski definition) is 4. The van der Waals surface area contributed by atoms with Gasteiger partial charge in [-0.3, -0.25) is 24.2 Å². The molecule has 18 heteroatoms. The topological polar surface area (TPSA) is 220 Å². The third-order valence-electron chi connectivity index (χ3n) is 13.0. The molecule has 2 aliphatic heterocycles. The number of carbonyl (C=O) groups is 4. The van der Waals surface area contributed by atoms with E-state index in [0.29, 0.717) is 60.2 Å². The van der Waals surface area contributed by atoms with Gasteiger partial charge in [0, 0.05) is 35.6 Å². The van der Waals surface area contributed by atoms with Crippen molar-refractivity contribution in [3.8, 4) is 17.4 Å². The van der Waals surface area contributed by atoms with Gasteiger partial charge in [0.05, 0.1) is 36.7 Å². The zero-order valence-electron chi connectivity index (χ0n) is 35.8. The number of rotatable bonds is 11. The van der Waals surface area contributed by atoms with Crippen molar-refractivity contribution in [2.45, 2.75) is 127 Å². The van der Waals surface area contributed by atoms with Crippen molar-refractivity contribution < 1.29 is 46.5 Å². The smallest absolute Gasteiger partial charge is 0.407 e. The van der Waals surface area contributed by atoms with Crippen molar-refractivity contribution in [1.29, 1.82) is 0 Å². The number of alkyl carbamates (subject to hydrolysis) is 1. The van der Waals surface area contributed by atoms with Crippen molar-refractivity contribution >= 4 is 44.7 Å². The Morgan fingerprint density at radius 2 is 1.87 bits per heavy atom. The Bertz CT molecular complexity index is 2360. The molecule has 3 saturated carbocycles. The number of aromatic amines is 1. The molecule has 4 bridgehead atoms. The number of aryl methyl sites for hydroxylation is 2. The SMILES string of the molecule is C=CC1CC1(NC(=O)[C@@H]1C[C@@H]2CN1C(=O)[C@H](C1CCCC1)NC(=O)OCC(C)(C)CCCc1cc3c(cc(OCc4cc(C)[nH]n4)nc3cc1OC)O2)C(=O)NS(=O)(=O)C1CC1. The number of sulfonamides is 1. The molecule has 0 radical (unpaired) electrons. The van der Waals surface area contributed by atoms with Gasteiger partial charge in [0.2, 0.25) is 27.7 Å². The number of nitrogens with zero attached hydrogens (tertiary/aromatic N) is 3. The highest BCUT2D eigenvalue weighted by Crippen LogP contribution is 2.46. The minimum absolute atomic E-state index is 0.0139. The predicted molar refractivity (Wildman–Crippen MR) is 227 cm³/mol. The molecule has 1 saturated heterocycles. The lowest BCUT2D eigenvalue weighted by Crippen LogP contribution is -2.59. The van der Waals surface area contributed by atoms with Crippen LogP contribution in [0.25, 0.3) is 10.9 Å². The fourth-order valence-electron chi connectivity index (χ4n) is 9.18. The largest absolute Gasteiger partial charge is 0.496 e. The molecule has 334 valence electrons. The van der Waals surface area contributed by atoms with Crippen LogP contribution in [0.1, 0.15) is 95.0 Å². The summed E-state index contributed by atoms with van der Waals surface area (Å²) in [5.41, 5.74) is 1.04. The van der Waals surface area contributed by atoms with E-state index < -0.39 is 74.1 Å². The highest BCUT2D eigenvalue weighted by Gasteiger charge is 2.62. The maximum Gasteiger partial charge on any atom is 0.407 e. The predicted octanol–water partition coefficient (Wildman–Crippen LogP) is 4.52. The summed E-state index contributed by atoms with van der Waals surface area (Å²) < 4.78 is 52.5. The fourth-order valence-corrected chi connectivity index (χ4v) is 10.5. The second-order valence-corrected chi connectivity index (χ2v) is 20.4. The molecule has 5 atom stereocenters. The molecule has 3 aliphatic carbocycles. The van der Waals surface area contributed by atoms with Crippen LogP contribution in [0.4, 0.5) is 4.79 Å². The first-order valence-corrected chi connectivity index (χ1v) is 23.2. The Hall–Kier alpha value is -5.39. The zero-order valence-corrected chi connectivity index (χ0v) is 36.6. The fraction of sp³-hybridized carbons (Fsp3) is 0.591. The van der Waals surface area contributed by atoms with Crippen LogP contribution in [-0.4, -0.2) is 102 Å². The summed E-state index contributed by atoms with van der Waals surface area (Å²) in [6.45, 7) is 9.96. The van der Waals surface area contributed by atoms with Crippen LogP contribution in [0.2, 0.25) is 0 Å². The monoisotopic (exact) mass is 875 g/mol. The van der Waals surface area contributed by atoms with Gasteiger partial charge in [0.15, 0.2) is 0 Å². The Morgan fingerprint density at radius 3 is 2.55 bits per heavy atom. The molecule has 4 heterocycles. The summed E-state index contributed by atoms with van der Waals surface area (Å²) in [5, 5.41) is 13.0. The third-order valence-corrected chi connectivity index (χ3v) is 14.8. The van der Waals surface area contributed by atoms with Gasteiger partial charge in [0.1, 0.15) is 41.8 Å². The van der Waals surface area contributed by atoms with Gasteiger partial charge in [-0.15, -0.1) is 6.58 Å². The number of benzene rings is 1. The maximum atomic E-state index is 14.9. The van der Waals surface area contributed by atoms with E-state index >= 15 is 0 Å². The molecule has 4 N–H and O–H groups in total. The number of pyridine rings is 1. The number of cyclic esters (lactones) is 1. The molecule has 3 aromatic rings. The lowest BCUT2D eigenvalue weighted by atomic mass is 9.87. The number of ether oxygens (including phenoxy) is 4. The summed E-state index contributed by atoms with van der Waals surface area (Å²) in [6, 6.07) is 5.23. The highest BCUT2D eigenvalue weighted by atomic mass is 32.2. The standard InChI is InChI=1S/C44H57N7O10S/c1-6-28-21-44(28,41(54)50-62(56,57)31-13-14-31)47-39(52)34-18-30-22-51(34)40(53)38(26-10-7-8-11-26)46-42(55)60-24-43(3,4)15-9-12-27-17-32-33(19-35(27)58-5)45-37(20-36(32)61-30)59-23-29-16-25(2)48-49-29/h6,16-17,19-20,26,28,30-31,34,38H,1,7-15,18,21-24H2,2-5H3,(H,46,55)(H,47,52)(H,48,49)(H,50,54)/t28?,30-,34+,38+,44?/m1/s1. The van der Waals surface area contributed by atoms with Crippen molar-refractivity contribution in [3.05, 3.63) is 53.9 Å². The number of methoxy groups -OCH3 is 1. The Labute approximate surface area is 361 Å². The number of fused-ring (bicyclic) bond motifs is 3. The first kappa shape index (κ1) is 43.3. The third kappa shape index (κ3) is 9.20. The zero-order chi connectivity index (χ0) is 44.0. The summed E-state index contributed by atoms with van der Waals surface area (Å²) in [4.78, 5) is 63.1. The minimum atomic E-state index is -3.93. The van der Waals surface area contributed by atoms with E-state index in [1.54, 1.807) is 13.2 Å². The summed E-state index contributed by atoms with van der Waals surface area (Å²) >= 11 is 0. The Kier molecular flexibility index (Phi) is 11.9. The normalized spacial score (nSPS) is 26.7. The van der Waals surface area contributed by atoms with Crippen molar-refractivity contribution in [1.82, 2.24) is 35.4 Å². The second kappa shape index (κ2) is 17.1. The molecule has 1 aromatic carbocycles. The number of aromatic nitrogens is 3. The van der Waals surface area contributed by atoms with Gasteiger partial charge in [-0.1, -0.05) is 32.8 Å². The molecule has 5 aliphatic rings. The van der Waals surface area contributed by atoms with E-state index in [1.165, 1.54) is 11.0 Å². The number of hydrogen-bond acceptors (Lipinski definition) is 12. The first-order chi connectivity index (χ1) is 29.6. The average molecular weight is 876 g/mol. The highest BCUT2D eigenvalue weighted by molar-refractivity contribution is 7.91. The van der Waals surface area contributed by atoms with Gasteiger partial charge < -0.3 is 34.5 Å². The van der Waals surface area contributed by atoms with Gasteiger partial charge in [-0.05, 0) is 87.3 Å². The Balaban J connectivity index is 1.16. The lowest BCUT2D eigenvalue weighted by Gasteiger charge is -2.32. The van der Waals surface area contributed by atoms with Crippen LogP contribution >= 0.6 is 0 Å². The number of H-pyrrole nitrogens is 1. The average Bonchev–Trinajstić information content (AvgIpc) is 4.03. The van der Waals surface area contributed by atoms with E-state index in [-0.39, 0.29) is 44.4 Å². The summed E-state index contributed by atoms with van der Waals surface area (Å²) in [7, 11) is -2.33. The number of nitrogens with one attached hydrogen (secondary N) is 4. The summed E-state index contributed by atoms with van der Waals surface area (Å²) in [5.74, 6) is -1.41. The maximum absolute atomic E-state index is 14.9. The van der Waals surface area contributed by atoms with Gasteiger partial charge in [0.25, 0.3) is 5.91 Å². The molecule has 17 nitrogen and oxygen atoms in total. The van der Waals surface area contributed by atoms with Crippen molar-refractivity contribution in [3.63, 3.8) is 0 Å². The molecular weight excluding hydrogens is 819 g/mol. The minimum Gasteiger partial charge on any atom is -0.496 e. The van der Waals surface area contributed by atoms with Gasteiger partial charge in [-0.2, -0.15) is 5.10 Å². The second-order valence-electron chi connectivity index (χ2n) is 18.4. The van der Waals surface area contributed by atoms with Crippen LogP contribution in [0.15, 0.2) is 36.9 Å². The molecule has 4 fully saturated rings. The molecule has 4 amide bonds. The van der Waals surface area contributed by atoms with Crippen molar-refractivity contribution in [2.24, 2.45) is 17.3 Å². The molecule has 8 rings (SSSR count). The Morgan fingerprint density at radius 1 is 1.10 bits per heavy atom. The molecule has 62 heavy (non-hydrogen) atoms. The molecule has 2 aromatic heterocycles. The quantitative estimate of drug-likeness (QED) is 0.196. The van der Waals surface area contributed by atoms with E-state index in [4.69, 9.17) is 23.9 Å². The molecular formula is C44H57N7O10S. The first-order valence-electron chi connectivity index (χ1n) is 21.6. The number of carbonyl (C=O) groups excluding carboxylic acids is 4. The summed E-state index contributed by atoms with van der Waals surface area (Å²) in [6.07, 6.45) is 6.37. The van der Waals surface area contributed by atoms with Gasteiger partial charge >= 0.3 is 6.09 Å².